The van der Waals surface area contributed by atoms with Gasteiger partial charge in [-0.05, 0) is 102 Å². The molecule has 5 aliphatic carbocycles. The summed E-state index contributed by atoms with van der Waals surface area (Å²) in [4.78, 5) is 0. The van der Waals surface area contributed by atoms with Gasteiger partial charge in [0.1, 0.15) is 0 Å². The molecule has 1 heteroatoms. The third-order valence-corrected chi connectivity index (χ3v) is 10.5. The van der Waals surface area contributed by atoms with E-state index in [1.165, 1.54) is 48.4 Å². The molecule has 0 saturated carbocycles. The van der Waals surface area contributed by atoms with Gasteiger partial charge in [0, 0.05) is 17.8 Å². The molecule has 2 aromatic rings. The van der Waals surface area contributed by atoms with E-state index in [9.17, 15) is 0 Å². The summed E-state index contributed by atoms with van der Waals surface area (Å²) in [5, 5.41) is 2.79. The molecule has 0 bridgehead atoms. The number of nitrogens with two attached hydrogens (primary N) is 1. The Balaban J connectivity index is 1.12. The summed E-state index contributed by atoms with van der Waals surface area (Å²) in [6, 6.07) is 15.8. The van der Waals surface area contributed by atoms with E-state index in [4.69, 9.17) is 5.73 Å². The molecule has 5 atom stereocenters. The molecular formula is C41H43N. The molecule has 212 valence electrons. The van der Waals surface area contributed by atoms with Crippen molar-refractivity contribution in [1.29, 1.82) is 0 Å². The highest BCUT2D eigenvalue weighted by molar-refractivity contribution is 5.86. The molecule has 0 spiro atoms. The SMILES string of the molecule is N/C=C\CCCC1=CC=C(C2=CCC(C3=C4C=CC=CC4C(c4cccc5ccccc45)CC3)CC2)C2C=CC=CC12. The van der Waals surface area contributed by atoms with Crippen molar-refractivity contribution in [2.75, 3.05) is 0 Å². The second kappa shape index (κ2) is 12.2. The monoisotopic (exact) mass is 549 g/mol. The number of unbranched alkanes of at least 4 members (excludes halogenated alkanes) is 1. The molecule has 5 unspecified atom stereocenters. The number of benzene rings is 2. The van der Waals surface area contributed by atoms with Crippen LogP contribution in [0.3, 0.4) is 0 Å². The van der Waals surface area contributed by atoms with E-state index in [2.05, 4.69) is 115 Å². The molecule has 42 heavy (non-hydrogen) atoms. The molecule has 0 aromatic heterocycles. The van der Waals surface area contributed by atoms with Gasteiger partial charge in [-0.25, -0.2) is 0 Å². The average molecular weight is 550 g/mol. The second-order valence-corrected chi connectivity index (χ2v) is 12.7. The van der Waals surface area contributed by atoms with Gasteiger partial charge in [0.2, 0.25) is 0 Å². The molecule has 2 N–H and O–H groups in total. The summed E-state index contributed by atoms with van der Waals surface area (Å²) in [6.45, 7) is 0. The van der Waals surface area contributed by atoms with Crippen molar-refractivity contribution in [1.82, 2.24) is 0 Å². The summed E-state index contributed by atoms with van der Waals surface area (Å²) in [7, 11) is 0. The van der Waals surface area contributed by atoms with E-state index in [1.807, 2.05) is 0 Å². The van der Waals surface area contributed by atoms with Crippen LogP contribution in [0.1, 0.15) is 62.8 Å². The van der Waals surface area contributed by atoms with Gasteiger partial charge in [0.05, 0.1) is 0 Å². The lowest BCUT2D eigenvalue weighted by molar-refractivity contribution is 0.437. The normalized spacial score (nSPS) is 28.5. The van der Waals surface area contributed by atoms with Crippen LogP contribution in [0.25, 0.3) is 10.8 Å². The highest BCUT2D eigenvalue weighted by Gasteiger charge is 2.35. The van der Waals surface area contributed by atoms with Gasteiger partial charge in [-0.1, -0.05) is 127 Å². The van der Waals surface area contributed by atoms with Crippen molar-refractivity contribution in [3.8, 4) is 0 Å². The Morgan fingerprint density at radius 3 is 2.52 bits per heavy atom. The zero-order valence-electron chi connectivity index (χ0n) is 24.7. The molecule has 0 saturated heterocycles. The molecule has 1 nitrogen and oxygen atoms in total. The third kappa shape index (κ3) is 5.15. The predicted molar refractivity (Wildman–Crippen MR) is 179 cm³/mol. The van der Waals surface area contributed by atoms with Gasteiger partial charge in [-0.3, -0.25) is 0 Å². The van der Waals surface area contributed by atoms with Gasteiger partial charge in [0.15, 0.2) is 0 Å². The second-order valence-electron chi connectivity index (χ2n) is 12.7. The Morgan fingerprint density at radius 2 is 1.64 bits per heavy atom. The molecule has 7 rings (SSSR count). The molecular weight excluding hydrogens is 506 g/mol. The zero-order chi connectivity index (χ0) is 28.3. The van der Waals surface area contributed by atoms with Crippen LogP contribution < -0.4 is 5.73 Å². The molecule has 0 amide bonds. The minimum atomic E-state index is 0.483. The fourth-order valence-corrected chi connectivity index (χ4v) is 8.41. The first-order valence-corrected chi connectivity index (χ1v) is 16.2. The summed E-state index contributed by atoms with van der Waals surface area (Å²) >= 11 is 0. The van der Waals surface area contributed by atoms with Crippen LogP contribution in [0.5, 0.6) is 0 Å². The van der Waals surface area contributed by atoms with E-state index < -0.39 is 0 Å². The Kier molecular flexibility index (Phi) is 7.84. The maximum Gasteiger partial charge on any atom is 0.0124 e. The van der Waals surface area contributed by atoms with Crippen molar-refractivity contribution in [2.45, 2.75) is 57.3 Å². The van der Waals surface area contributed by atoms with Crippen LogP contribution in [0.15, 0.2) is 149 Å². The van der Waals surface area contributed by atoms with E-state index in [1.54, 1.807) is 34.1 Å². The Hall–Kier alpha value is -3.84. The maximum absolute atomic E-state index is 5.55. The zero-order valence-corrected chi connectivity index (χ0v) is 24.7. The van der Waals surface area contributed by atoms with Crippen molar-refractivity contribution in [2.24, 2.45) is 29.4 Å². The molecule has 0 radical (unpaired) electrons. The van der Waals surface area contributed by atoms with Gasteiger partial charge < -0.3 is 5.73 Å². The minimum Gasteiger partial charge on any atom is -0.405 e. The minimum absolute atomic E-state index is 0.483. The Bertz CT molecular complexity index is 1610. The molecule has 0 heterocycles. The van der Waals surface area contributed by atoms with Gasteiger partial charge in [-0.15, -0.1) is 0 Å². The Labute approximate surface area is 252 Å². The fraction of sp³-hybridized carbons (Fsp3) is 0.317. The lowest BCUT2D eigenvalue weighted by Crippen LogP contribution is -2.25. The first-order chi connectivity index (χ1) is 20.8. The fourth-order valence-electron chi connectivity index (χ4n) is 8.41. The maximum atomic E-state index is 5.55. The lowest BCUT2D eigenvalue weighted by Gasteiger charge is -2.39. The predicted octanol–water partition coefficient (Wildman–Crippen LogP) is 10.3. The molecule has 2 aromatic carbocycles. The molecule has 5 aliphatic rings. The number of fused-ring (bicyclic) bond motifs is 3. The smallest absolute Gasteiger partial charge is 0.0124 e. The summed E-state index contributed by atoms with van der Waals surface area (Å²) < 4.78 is 0. The largest absolute Gasteiger partial charge is 0.405 e. The highest BCUT2D eigenvalue weighted by atomic mass is 14.5. The average Bonchev–Trinajstić information content (AvgIpc) is 3.06. The summed E-state index contributed by atoms with van der Waals surface area (Å²) in [5.41, 5.74) is 15.1. The number of hydrogen-bond donors (Lipinski definition) is 1. The van der Waals surface area contributed by atoms with Crippen LogP contribution in [0.2, 0.25) is 0 Å². The quantitative estimate of drug-likeness (QED) is 0.342. The molecule has 0 fully saturated rings. The summed E-state index contributed by atoms with van der Waals surface area (Å²) in [6.07, 6.45) is 39.6. The first-order valence-electron chi connectivity index (χ1n) is 16.2. The van der Waals surface area contributed by atoms with Gasteiger partial charge >= 0.3 is 0 Å². The number of allylic oxidation sites excluding steroid dienone is 17. The van der Waals surface area contributed by atoms with E-state index in [0.717, 1.165) is 19.3 Å². The van der Waals surface area contributed by atoms with Gasteiger partial charge in [-0.2, -0.15) is 0 Å². The van der Waals surface area contributed by atoms with Crippen molar-refractivity contribution in [3.63, 3.8) is 0 Å². The first kappa shape index (κ1) is 27.0. The van der Waals surface area contributed by atoms with E-state index in [0.29, 0.717) is 29.6 Å². The highest BCUT2D eigenvalue weighted by Crippen LogP contribution is 2.50. The number of rotatable bonds is 7. The van der Waals surface area contributed by atoms with Crippen LogP contribution >= 0.6 is 0 Å². The lowest BCUT2D eigenvalue weighted by atomic mass is 9.65. The van der Waals surface area contributed by atoms with E-state index in [-0.39, 0.29) is 0 Å². The van der Waals surface area contributed by atoms with Crippen LogP contribution in [-0.2, 0) is 0 Å². The van der Waals surface area contributed by atoms with Crippen LogP contribution in [0, 0.1) is 23.7 Å². The van der Waals surface area contributed by atoms with E-state index >= 15 is 0 Å². The number of hydrogen-bond acceptors (Lipinski definition) is 1. The standard InChI is InChI=1S/C41H43N/c42-28-9-1-2-11-30-24-25-35(37-16-6-5-15-34(30)37)31-20-22-32(23-21-31)36-26-27-41(40-18-8-7-17-38(36)40)39-19-10-13-29-12-3-4-14-33(29)39/h3-10,12-20,24-25,28,32,34,37,40-41H,1-2,11,21-23,26-27,42H2/b28-9-. The van der Waals surface area contributed by atoms with Crippen LogP contribution in [0.4, 0.5) is 0 Å². The summed E-state index contributed by atoms with van der Waals surface area (Å²) in [5.74, 6) is 2.69. The van der Waals surface area contributed by atoms with Crippen molar-refractivity contribution < 1.29 is 0 Å². The Morgan fingerprint density at radius 1 is 0.810 bits per heavy atom. The van der Waals surface area contributed by atoms with Crippen molar-refractivity contribution in [3.05, 3.63) is 155 Å². The van der Waals surface area contributed by atoms with Crippen LogP contribution in [-0.4, -0.2) is 0 Å². The third-order valence-electron chi connectivity index (χ3n) is 10.5. The topological polar surface area (TPSA) is 26.0 Å². The van der Waals surface area contributed by atoms with Gasteiger partial charge in [0.25, 0.3) is 0 Å². The molecule has 0 aliphatic heterocycles. The van der Waals surface area contributed by atoms with Crippen molar-refractivity contribution >= 4 is 10.8 Å².